The van der Waals surface area contributed by atoms with Crippen LogP contribution in [0, 0.1) is 0 Å². The van der Waals surface area contributed by atoms with E-state index in [1.54, 1.807) is 18.0 Å². The van der Waals surface area contributed by atoms with Crippen molar-refractivity contribution >= 4 is 28.3 Å². The van der Waals surface area contributed by atoms with Crippen LogP contribution in [-0.4, -0.2) is 30.2 Å². The summed E-state index contributed by atoms with van der Waals surface area (Å²) in [6, 6.07) is 5.81. The van der Waals surface area contributed by atoms with Gasteiger partial charge in [0.1, 0.15) is 4.32 Å². The van der Waals surface area contributed by atoms with Gasteiger partial charge < -0.3 is 14.7 Å². The molecule has 0 aromatic carbocycles. The van der Waals surface area contributed by atoms with Gasteiger partial charge in [0.05, 0.1) is 5.56 Å². The Morgan fingerprint density at radius 2 is 2.30 bits per heavy atom. The summed E-state index contributed by atoms with van der Waals surface area (Å²) in [5.41, 5.74) is 1.99. The molecule has 2 N–H and O–H groups in total. The molecule has 0 saturated carbocycles. The standard InChI is InChI=1S/C15H15N5OS2/c22-15(18-9-11-2-1-5-16-8-11)23-7-4-13-19-20-14(21-13)12-3-6-17-10-12/h1-3,5-6,8,10,17H,4,7,9H2,(H,18,22). The van der Waals surface area contributed by atoms with Gasteiger partial charge in [-0.2, -0.15) is 0 Å². The Bertz CT molecular complexity index is 742. The maximum absolute atomic E-state index is 5.61. The molecule has 0 aliphatic carbocycles. The SMILES string of the molecule is S=C(NCc1cccnc1)SCCc1nnc(-c2cc[nH]c2)o1. The van der Waals surface area contributed by atoms with Crippen molar-refractivity contribution in [1.82, 2.24) is 25.5 Å². The van der Waals surface area contributed by atoms with Crippen LogP contribution in [-0.2, 0) is 13.0 Å². The van der Waals surface area contributed by atoms with Crippen molar-refractivity contribution < 1.29 is 4.42 Å². The van der Waals surface area contributed by atoms with E-state index in [4.69, 9.17) is 16.6 Å². The Morgan fingerprint density at radius 1 is 1.35 bits per heavy atom. The molecule has 3 rings (SSSR count). The van der Waals surface area contributed by atoms with E-state index in [9.17, 15) is 0 Å². The molecule has 23 heavy (non-hydrogen) atoms. The van der Waals surface area contributed by atoms with E-state index >= 15 is 0 Å². The zero-order chi connectivity index (χ0) is 15.9. The number of hydrogen-bond donors (Lipinski definition) is 2. The van der Waals surface area contributed by atoms with Crippen LogP contribution in [0.1, 0.15) is 11.5 Å². The van der Waals surface area contributed by atoms with Crippen LogP contribution in [0.2, 0.25) is 0 Å². The van der Waals surface area contributed by atoms with Crippen molar-refractivity contribution in [3.8, 4) is 11.5 Å². The van der Waals surface area contributed by atoms with Crippen LogP contribution in [0.3, 0.4) is 0 Å². The van der Waals surface area contributed by atoms with E-state index in [0.29, 0.717) is 24.7 Å². The van der Waals surface area contributed by atoms with Gasteiger partial charge in [-0.15, -0.1) is 10.2 Å². The predicted molar refractivity (Wildman–Crippen MR) is 93.9 cm³/mol. The van der Waals surface area contributed by atoms with Crippen LogP contribution >= 0.6 is 24.0 Å². The fraction of sp³-hybridized carbons (Fsp3) is 0.200. The Labute approximate surface area is 143 Å². The summed E-state index contributed by atoms with van der Waals surface area (Å²) in [5.74, 6) is 1.93. The van der Waals surface area contributed by atoms with Gasteiger partial charge in [-0.05, 0) is 17.7 Å². The van der Waals surface area contributed by atoms with Gasteiger partial charge in [0, 0.05) is 43.5 Å². The molecule has 0 bridgehead atoms. The van der Waals surface area contributed by atoms with Crippen molar-refractivity contribution in [1.29, 1.82) is 0 Å². The molecule has 3 aromatic rings. The second kappa shape index (κ2) is 7.89. The molecule has 0 amide bonds. The maximum Gasteiger partial charge on any atom is 0.249 e. The highest BCUT2D eigenvalue weighted by Crippen LogP contribution is 2.17. The van der Waals surface area contributed by atoms with Crippen LogP contribution in [0.4, 0.5) is 0 Å². The molecule has 0 fully saturated rings. The van der Waals surface area contributed by atoms with Crippen molar-refractivity contribution in [2.75, 3.05) is 5.75 Å². The van der Waals surface area contributed by atoms with Crippen molar-refractivity contribution in [3.05, 3.63) is 54.4 Å². The molecule has 3 aromatic heterocycles. The highest BCUT2D eigenvalue weighted by Gasteiger charge is 2.09. The Kier molecular flexibility index (Phi) is 5.38. The lowest BCUT2D eigenvalue weighted by Crippen LogP contribution is -2.18. The minimum absolute atomic E-state index is 0.531. The molecular formula is C15H15N5OS2. The topological polar surface area (TPSA) is 79.6 Å². The summed E-state index contributed by atoms with van der Waals surface area (Å²) >= 11 is 6.86. The first-order valence-electron chi connectivity index (χ1n) is 7.06. The van der Waals surface area contributed by atoms with Crippen LogP contribution in [0.25, 0.3) is 11.5 Å². The Hall–Kier alpha value is -2.19. The highest BCUT2D eigenvalue weighted by molar-refractivity contribution is 8.22. The molecular weight excluding hydrogens is 330 g/mol. The number of H-pyrrole nitrogens is 1. The summed E-state index contributed by atoms with van der Waals surface area (Å²) < 4.78 is 6.36. The number of aryl methyl sites for hydroxylation is 1. The molecule has 3 heterocycles. The third kappa shape index (κ3) is 4.64. The number of thioether (sulfide) groups is 1. The van der Waals surface area contributed by atoms with Crippen LogP contribution in [0.15, 0.2) is 47.4 Å². The van der Waals surface area contributed by atoms with E-state index in [2.05, 4.69) is 25.5 Å². The lowest BCUT2D eigenvalue weighted by atomic mass is 10.3. The smallest absolute Gasteiger partial charge is 0.249 e. The van der Waals surface area contributed by atoms with Gasteiger partial charge in [0.15, 0.2) is 0 Å². The number of pyridine rings is 1. The average Bonchev–Trinajstić information content (AvgIpc) is 3.25. The van der Waals surface area contributed by atoms with Gasteiger partial charge in [0.25, 0.3) is 0 Å². The molecule has 0 unspecified atom stereocenters. The average molecular weight is 345 g/mol. The monoisotopic (exact) mass is 345 g/mol. The quantitative estimate of drug-likeness (QED) is 0.665. The lowest BCUT2D eigenvalue weighted by Gasteiger charge is -2.06. The fourth-order valence-electron chi connectivity index (χ4n) is 1.89. The second-order valence-corrected chi connectivity index (χ2v) is 6.47. The number of aromatic amines is 1. The number of aromatic nitrogens is 4. The zero-order valence-corrected chi connectivity index (χ0v) is 13.9. The summed E-state index contributed by atoms with van der Waals surface area (Å²) in [6.45, 7) is 0.678. The van der Waals surface area contributed by atoms with Gasteiger partial charge in [-0.1, -0.05) is 30.0 Å². The maximum atomic E-state index is 5.61. The normalized spacial score (nSPS) is 10.6. The first-order valence-corrected chi connectivity index (χ1v) is 8.46. The first-order chi connectivity index (χ1) is 11.3. The number of hydrogen-bond acceptors (Lipinski definition) is 6. The molecule has 0 aliphatic heterocycles. The third-order valence-corrected chi connectivity index (χ3v) is 4.33. The number of nitrogens with zero attached hydrogens (tertiary/aromatic N) is 3. The lowest BCUT2D eigenvalue weighted by molar-refractivity contribution is 0.514. The molecule has 0 saturated heterocycles. The summed E-state index contributed by atoms with van der Waals surface area (Å²) in [7, 11) is 0. The van der Waals surface area contributed by atoms with Crippen LogP contribution < -0.4 is 5.32 Å². The Morgan fingerprint density at radius 3 is 3.09 bits per heavy atom. The molecule has 118 valence electrons. The summed E-state index contributed by atoms with van der Waals surface area (Å²) in [5, 5.41) is 11.3. The molecule has 6 nitrogen and oxygen atoms in total. The number of rotatable bonds is 6. The molecule has 0 radical (unpaired) electrons. The first kappa shape index (κ1) is 15.7. The molecule has 0 atom stereocenters. The third-order valence-electron chi connectivity index (χ3n) is 3.02. The largest absolute Gasteiger partial charge is 0.421 e. The van der Waals surface area contributed by atoms with E-state index < -0.39 is 0 Å². The molecule has 0 spiro atoms. The van der Waals surface area contributed by atoms with Crippen molar-refractivity contribution in [2.24, 2.45) is 0 Å². The van der Waals surface area contributed by atoms with E-state index in [1.165, 1.54) is 0 Å². The zero-order valence-electron chi connectivity index (χ0n) is 12.2. The summed E-state index contributed by atoms with van der Waals surface area (Å²) in [6.07, 6.45) is 7.89. The van der Waals surface area contributed by atoms with E-state index in [0.717, 1.165) is 21.2 Å². The number of thiocarbonyl (C=S) groups is 1. The van der Waals surface area contributed by atoms with Crippen molar-refractivity contribution in [3.63, 3.8) is 0 Å². The number of nitrogens with one attached hydrogen (secondary N) is 2. The minimum Gasteiger partial charge on any atom is -0.421 e. The van der Waals surface area contributed by atoms with Gasteiger partial charge in [-0.25, -0.2) is 0 Å². The molecule has 0 aliphatic rings. The van der Waals surface area contributed by atoms with E-state index in [1.807, 2.05) is 36.8 Å². The van der Waals surface area contributed by atoms with Gasteiger partial charge >= 0.3 is 0 Å². The van der Waals surface area contributed by atoms with E-state index in [-0.39, 0.29) is 0 Å². The van der Waals surface area contributed by atoms with Crippen molar-refractivity contribution in [2.45, 2.75) is 13.0 Å². The highest BCUT2D eigenvalue weighted by atomic mass is 32.2. The van der Waals surface area contributed by atoms with Gasteiger partial charge in [-0.3, -0.25) is 4.98 Å². The van der Waals surface area contributed by atoms with Gasteiger partial charge in [0.2, 0.25) is 11.8 Å². The Balaban J connectivity index is 1.40. The fourth-order valence-corrected chi connectivity index (χ4v) is 2.85. The predicted octanol–water partition coefficient (Wildman–Crippen LogP) is 2.81. The minimum atomic E-state index is 0.531. The van der Waals surface area contributed by atoms with Crippen LogP contribution in [0.5, 0.6) is 0 Å². The molecule has 8 heteroatoms. The second-order valence-electron chi connectivity index (χ2n) is 4.70. The summed E-state index contributed by atoms with van der Waals surface area (Å²) in [4.78, 5) is 7.03.